The molecule has 1 aliphatic heterocycles. The van der Waals surface area contributed by atoms with E-state index in [-0.39, 0.29) is 5.69 Å². The van der Waals surface area contributed by atoms with Gasteiger partial charge in [0.25, 0.3) is 0 Å². The Morgan fingerprint density at radius 3 is 2.17 bits per heavy atom. The van der Waals surface area contributed by atoms with Crippen LogP contribution in [0.15, 0.2) is 48.5 Å². The highest BCUT2D eigenvalue weighted by atomic mass is 16.5. The SMILES string of the molecule is CCOC(=O)c1nc2ccccc2nc1N1CCN(c2ccc(OC)cc2)CC1. The van der Waals surface area contributed by atoms with Crippen molar-refractivity contribution in [1.29, 1.82) is 0 Å². The molecular formula is C22H24N4O3. The van der Waals surface area contributed by atoms with Crippen LogP contribution in [0.25, 0.3) is 11.0 Å². The molecule has 0 atom stereocenters. The molecule has 0 radical (unpaired) electrons. The van der Waals surface area contributed by atoms with Gasteiger partial charge in [0.1, 0.15) is 5.75 Å². The molecule has 7 nitrogen and oxygen atoms in total. The number of ether oxygens (including phenoxy) is 2. The Kier molecular flexibility index (Phi) is 5.46. The number of methoxy groups -OCH3 is 1. The number of carbonyl (C=O) groups excluding carboxylic acids is 1. The highest BCUT2D eigenvalue weighted by Crippen LogP contribution is 2.25. The molecule has 0 spiro atoms. The Bertz CT molecular complexity index is 999. The van der Waals surface area contributed by atoms with E-state index < -0.39 is 5.97 Å². The van der Waals surface area contributed by atoms with Gasteiger partial charge in [0.05, 0.1) is 24.8 Å². The van der Waals surface area contributed by atoms with Gasteiger partial charge < -0.3 is 19.3 Å². The van der Waals surface area contributed by atoms with Gasteiger partial charge in [0.15, 0.2) is 11.5 Å². The second-order valence-corrected chi connectivity index (χ2v) is 6.78. The summed E-state index contributed by atoms with van der Waals surface area (Å²) in [6, 6.07) is 15.6. The molecule has 0 amide bonds. The van der Waals surface area contributed by atoms with E-state index in [1.807, 2.05) is 36.4 Å². The Morgan fingerprint density at radius 1 is 0.931 bits per heavy atom. The smallest absolute Gasteiger partial charge is 0.360 e. The molecule has 7 heteroatoms. The average molecular weight is 392 g/mol. The quantitative estimate of drug-likeness (QED) is 0.618. The molecule has 2 aromatic carbocycles. The Hall–Kier alpha value is -3.35. The van der Waals surface area contributed by atoms with E-state index in [9.17, 15) is 4.79 Å². The number of esters is 1. The third kappa shape index (κ3) is 3.94. The molecule has 2 heterocycles. The molecule has 4 rings (SSSR count). The second-order valence-electron chi connectivity index (χ2n) is 6.78. The van der Waals surface area contributed by atoms with Gasteiger partial charge in [-0.2, -0.15) is 0 Å². The van der Waals surface area contributed by atoms with Crippen LogP contribution in [-0.4, -0.2) is 55.8 Å². The summed E-state index contributed by atoms with van der Waals surface area (Å²) in [6.45, 7) is 5.22. The minimum absolute atomic E-state index is 0.281. The zero-order valence-electron chi connectivity index (χ0n) is 16.7. The molecule has 0 saturated carbocycles. The normalized spacial score (nSPS) is 14.1. The second kappa shape index (κ2) is 8.34. The third-order valence-electron chi connectivity index (χ3n) is 5.04. The monoisotopic (exact) mass is 392 g/mol. The van der Waals surface area contributed by atoms with Crippen LogP contribution in [0.4, 0.5) is 11.5 Å². The summed E-state index contributed by atoms with van der Waals surface area (Å²) >= 11 is 0. The molecule has 0 bridgehead atoms. The van der Waals surface area contributed by atoms with Crippen LogP contribution in [0, 0.1) is 0 Å². The average Bonchev–Trinajstić information content (AvgIpc) is 2.78. The number of aromatic nitrogens is 2. The maximum Gasteiger partial charge on any atom is 0.360 e. The largest absolute Gasteiger partial charge is 0.497 e. The minimum Gasteiger partial charge on any atom is -0.497 e. The fourth-order valence-corrected chi connectivity index (χ4v) is 3.52. The minimum atomic E-state index is -0.432. The van der Waals surface area contributed by atoms with Crippen molar-refractivity contribution in [2.24, 2.45) is 0 Å². The van der Waals surface area contributed by atoms with E-state index in [0.29, 0.717) is 17.9 Å². The van der Waals surface area contributed by atoms with E-state index in [1.165, 1.54) is 0 Å². The van der Waals surface area contributed by atoms with Crippen LogP contribution in [0.3, 0.4) is 0 Å². The summed E-state index contributed by atoms with van der Waals surface area (Å²) in [5.41, 5.74) is 2.90. The first-order valence-corrected chi connectivity index (χ1v) is 9.77. The fraction of sp³-hybridized carbons (Fsp3) is 0.318. The lowest BCUT2D eigenvalue weighted by atomic mass is 10.2. The van der Waals surface area contributed by atoms with Gasteiger partial charge in [-0.3, -0.25) is 0 Å². The summed E-state index contributed by atoms with van der Waals surface area (Å²) < 4.78 is 10.5. The number of para-hydroxylation sites is 2. The van der Waals surface area contributed by atoms with E-state index in [1.54, 1.807) is 14.0 Å². The maximum atomic E-state index is 12.5. The van der Waals surface area contributed by atoms with Crippen LogP contribution in [0.1, 0.15) is 17.4 Å². The number of nitrogens with zero attached hydrogens (tertiary/aromatic N) is 4. The van der Waals surface area contributed by atoms with Crippen molar-refractivity contribution in [1.82, 2.24) is 9.97 Å². The zero-order valence-corrected chi connectivity index (χ0v) is 16.7. The van der Waals surface area contributed by atoms with Crippen LogP contribution in [0.2, 0.25) is 0 Å². The van der Waals surface area contributed by atoms with Gasteiger partial charge in [-0.05, 0) is 43.3 Å². The van der Waals surface area contributed by atoms with Gasteiger partial charge in [-0.25, -0.2) is 14.8 Å². The van der Waals surface area contributed by atoms with Gasteiger partial charge in [0.2, 0.25) is 0 Å². The third-order valence-corrected chi connectivity index (χ3v) is 5.04. The molecule has 1 aliphatic rings. The first-order valence-electron chi connectivity index (χ1n) is 9.77. The number of rotatable bonds is 5. The Labute approximate surface area is 169 Å². The standard InChI is InChI=1S/C22H24N4O3/c1-3-29-22(27)20-21(24-19-7-5-4-6-18(19)23-20)26-14-12-25(13-15-26)16-8-10-17(28-2)11-9-16/h4-11H,3,12-15H2,1-2H3. The molecule has 0 aliphatic carbocycles. The molecule has 29 heavy (non-hydrogen) atoms. The van der Waals surface area contributed by atoms with Crippen molar-refractivity contribution in [2.75, 3.05) is 49.7 Å². The molecule has 0 N–H and O–H groups in total. The Balaban J connectivity index is 1.58. The summed E-state index contributed by atoms with van der Waals surface area (Å²) in [4.78, 5) is 26.3. The van der Waals surface area contributed by atoms with Crippen molar-refractivity contribution in [3.63, 3.8) is 0 Å². The van der Waals surface area contributed by atoms with Gasteiger partial charge in [-0.1, -0.05) is 12.1 Å². The van der Waals surface area contributed by atoms with Gasteiger partial charge >= 0.3 is 5.97 Å². The highest BCUT2D eigenvalue weighted by Gasteiger charge is 2.25. The lowest BCUT2D eigenvalue weighted by Gasteiger charge is -2.37. The van der Waals surface area contributed by atoms with E-state index >= 15 is 0 Å². The highest BCUT2D eigenvalue weighted by molar-refractivity contribution is 5.95. The molecule has 1 aromatic heterocycles. The summed E-state index contributed by atoms with van der Waals surface area (Å²) in [6.07, 6.45) is 0. The zero-order chi connectivity index (χ0) is 20.2. The molecule has 150 valence electrons. The van der Waals surface area contributed by atoms with Gasteiger partial charge in [0, 0.05) is 31.9 Å². The predicted octanol–water partition coefficient (Wildman–Crippen LogP) is 3.14. The van der Waals surface area contributed by atoms with E-state index in [4.69, 9.17) is 14.5 Å². The van der Waals surface area contributed by atoms with Crippen LogP contribution in [0.5, 0.6) is 5.75 Å². The van der Waals surface area contributed by atoms with Crippen molar-refractivity contribution < 1.29 is 14.3 Å². The Morgan fingerprint density at radius 2 is 1.55 bits per heavy atom. The summed E-state index contributed by atoms with van der Waals surface area (Å²) in [5, 5.41) is 0. The van der Waals surface area contributed by atoms with Crippen molar-refractivity contribution >= 4 is 28.5 Å². The van der Waals surface area contributed by atoms with Crippen molar-refractivity contribution in [3.05, 3.63) is 54.2 Å². The summed E-state index contributed by atoms with van der Waals surface area (Å²) in [5.74, 6) is 1.01. The van der Waals surface area contributed by atoms with Crippen LogP contribution < -0.4 is 14.5 Å². The number of anilines is 2. The van der Waals surface area contributed by atoms with E-state index in [0.717, 1.165) is 43.1 Å². The number of benzene rings is 2. The van der Waals surface area contributed by atoms with Crippen LogP contribution >= 0.6 is 0 Å². The number of hydrogen-bond acceptors (Lipinski definition) is 7. The first-order chi connectivity index (χ1) is 14.2. The number of piperazine rings is 1. The first kappa shape index (κ1) is 19.0. The molecular weight excluding hydrogens is 368 g/mol. The van der Waals surface area contributed by atoms with Crippen molar-refractivity contribution in [3.8, 4) is 5.75 Å². The molecule has 1 saturated heterocycles. The lowest BCUT2D eigenvalue weighted by molar-refractivity contribution is 0.0520. The number of fused-ring (bicyclic) bond motifs is 1. The maximum absolute atomic E-state index is 12.5. The van der Waals surface area contributed by atoms with Crippen LogP contribution in [-0.2, 0) is 4.74 Å². The number of hydrogen-bond donors (Lipinski definition) is 0. The summed E-state index contributed by atoms with van der Waals surface area (Å²) in [7, 11) is 1.67. The molecule has 1 fully saturated rings. The topological polar surface area (TPSA) is 67.8 Å². The predicted molar refractivity (Wildman–Crippen MR) is 113 cm³/mol. The number of carbonyl (C=O) groups is 1. The fourth-order valence-electron chi connectivity index (χ4n) is 3.52. The lowest BCUT2D eigenvalue weighted by Crippen LogP contribution is -2.47. The van der Waals surface area contributed by atoms with Crippen molar-refractivity contribution in [2.45, 2.75) is 6.92 Å². The molecule has 3 aromatic rings. The molecule has 0 unspecified atom stereocenters. The van der Waals surface area contributed by atoms with Gasteiger partial charge in [-0.15, -0.1) is 0 Å². The van der Waals surface area contributed by atoms with E-state index in [2.05, 4.69) is 26.9 Å².